The topological polar surface area (TPSA) is 64.7 Å². The molecule has 2 aromatic carbocycles. The van der Waals surface area contributed by atoms with Crippen molar-refractivity contribution in [2.45, 2.75) is 22.6 Å². The average Bonchev–Trinajstić information content (AvgIpc) is 3.21. The monoisotopic (exact) mass is 440 g/mol. The first-order valence-electron chi connectivity index (χ1n) is 8.82. The van der Waals surface area contributed by atoms with Gasteiger partial charge in [0.2, 0.25) is 11.7 Å². The highest BCUT2D eigenvalue weighted by Gasteiger charge is 2.11. The van der Waals surface area contributed by atoms with Crippen molar-refractivity contribution in [3.05, 3.63) is 71.2 Å². The number of nitrogens with zero attached hydrogens (tertiary/aromatic N) is 4. The second-order valence-corrected chi connectivity index (χ2v) is 8.52. The largest absolute Gasteiger partial charge is 0.338 e. The molecule has 2 heterocycles. The van der Waals surface area contributed by atoms with Gasteiger partial charge in [-0.05, 0) is 55.6 Å². The Labute approximate surface area is 182 Å². The quantitative estimate of drug-likeness (QED) is 0.262. The van der Waals surface area contributed by atoms with E-state index in [4.69, 9.17) is 16.1 Å². The van der Waals surface area contributed by atoms with Gasteiger partial charge in [-0.2, -0.15) is 4.98 Å². The van der Waals surface area contributed by atoms with Crippen molar-refractivity contribution in [1.82, 2.24) is 20.1 Å². The molecule has 0 saturated carbocycles. The maximum Gasteiger partial charge on any atom is 0.237 e. The van der Waals surface area contributed by atoms with Crippen molar-refractivity contribution in [2.24, 2.45) is 0 Å². The summed E-state index contributed by atoms with van der Waals surface area (Å²) >= 11 is 9.33. The van der Waals surface area contributed by atoms with E-state index in [9.17, 15) is 0 Å². The Morgan fingerprint density at radius 3 is 2.52 bits per heavy atom. The highest BCUT2D eigenvalue weighted by molar-refractivity contribution is 7.98. The fraction of sp³-hybridized carbons (Fsp3) is 0.143. The van der Waals surface area contributed by atoms with Crippen LogP contribution in [0.5, 0.6) is 0 Å². The smallest absolute Gasteiger partial charge is 0.237 e. The van der Waals surface area contributed by atoms with Crippen molar-refractivity contribution in [2.75, 3.05) is 6.26 Å². The molecule has 146 valence electrons. The van der Waals surface area contributed by atoms with Crippen LogP contribution in [0.25, 0.3) is 22.8 Å². The van der Waals surface area contributed by atoms with Gasteiger partial charge in [0.15, 0.2) is 5.82 Å². The molecule has 8 heteroatoms. The first kappa shape index (κ1) is 19.9. The van der Waals surface area contributed by atoms with Crippen molar-refractivity contribution in [3.63, 3.8) is 0 Å². The van der Waals surface area contributed by atoms with Crippen molar-refractivity contribution >= 4 is 35.1 Å². The molecule has 0 radical (unpaired) electrons. The normalized spacial score (nSPS) is 11.0. The van der Waals surface area contributed by atoms with Crippen LogP contribution in [0.2, 0.25) is 5.02 Å². The predicted octanol–water partition coefficient (Wildman–Crippen LogP) is 6.17. The third-order valence-electron chi connectivity index (χ3n) is 4.07. The Hall–Kier alpha value is -2.35. The summed E-state index contributed by atoms with van der Waals surface area (Å²) in [6, 6.07) is 17.6. The number of benzene rings is 2. The van der Waals surface area contributed by atoms with Gasteiger partial charge < -0.3 is 4.52 Å². The van der Waals surface area contributed by atoms with E-state index in [2.05, 4.69) is 20.1 Å². The summed E-state index contributed by atoms with van der Waals surface area (Å²) in [5, 5.41) is 5.60. The molecule has 0 amide bonds. The van der Waals surface area contributed by atoms with E-state index in [1.54, 1.807) is 11.8 Å². The number of hydrogen-bond donors (Lipinski definition) is 0. The van der Waals surface area contributed by atoms with Gasteiger partial charge in [0.25, 0.3) is 0 Å². The minimum atomic E-state index is 0.529. The van der Waals surface area contributed by atoms with Gasteiger partial charge in [0.1, 0.15) is 5.03 Å². The molecule has 4 aromatic rings. The highest BCUT2D eigenvalue weighted by atomic mass is 35.5. The van der Waals surface area contributed by atoms with Crippen LogP contribution in [0.15, 0.2) is 69.0 Å². The minimum Gasteiger partial charge on any atom is -0.338 e. The van der Waals surface area contributed by atoms with Gasteiger partial charge in [0, 0.05) is 26.7 Å². The molecule has 0 N–H and O–H groups in total. The third kappa shape index (κ3) is 4.98. The van der Waals surface area contributed by atoms with Gasteiger partial charge in [0.05, 0.1) is 5.75 Å². The molecule has 0 bridgehead atoms. The highest BCUT2D eigenvalue weighted by Crippen LogP contribution is 2.27. The van der Waals surface area contributed by atoms with Crippen LogP contribution in [0.4, 0.5) is 0 Å². The summed E-state index contributed by atoms with van der Waals surface area (Å²) in [5.74, 6) is 2.32. The van der Waals surface area contributed by atoms with Gasteiger partial charge in [-0.15, -0.1) is 11.8 Å². The average molecular weight is 441 g/mol. The SMILES string of the molecule is CSc1ccc(-c2noc(CSc3cc(C)nc(-c4cccc(Cl)c4)n3)n2)cc1. The molecule has 0 fully saturated rings. The third-order valence-corrected chi connectivity index (χ3v) is 5.95. The Bertz CT molecular complexity index is 1130. The zero-order valence-corrected chi connectivity index (χ0v) is 18.2. The summed E-state index contributed by atoms with van der Waals surface area (Å²) in [7, 11) is 0. The molecular formula is C21H17ClN4OS2. The molecule has 0 saturated heterocycles. The standard InChI is InChI=1S/C21H17ClN4OS2/c1-13-10-19(25-20(23-13)15-4-3-5-16(22)11-15)29-12-18-24-21(26-27-18)14-6-8-17(28-2)9-7-14/h3-11H,12H2,1-2H3. The van der Waals surface area contributed by atoms with E-state index in [1.807, 2.05) is 67.8 Å². The van der Waals surface area contributed by atoms with E-state index in [1.165, 1.54) is 16.7 Å². The summed E-state index contributed by atoms with van der Waals surface area (Å²) in [6.45, 7) is 1.95. The van der Waals surface area contributed by atoms with Gasteiger partial charge >= 0.3 is 0 Å². The second kappa shape index (κ2) is 8.98. The zero-order chi connectivity index (χ0) is 20.2. The molecular weight excluding hydrogens is 424 g/mol. The predicted molar refractivity (Wildman–Crippen MR) is 118 cm³/mol. The molecule has 0 unspecified atom stereocenters. The molecule has 5 nitrogen and oxygen atoms in total. The van der Waals surface area contributed by atoms with Crippen LogP contribution in [-0.4, -0.2) is 26.4 Å². The van der Waals surface area contributed by atoms with E-state index < -0.39 is 0 Å². The minimum absolute atomic E-state index is 0.529. The number of rotatable bonds is 6. The summed E-state index contributed by atoms with van der Waals surface area (Å²) < 4.78 is 5.41. The summed E-state index contributed by atoms with van der Waals surface area (Å²) in [6.07, 6.45) is 2.05. The van der Waals surface area contributed by atoms with E-state index >= 15 is 0 Å². The lowest BCUT2D eigenvalue weighted by molar-refractivity contribution is 0.391. The van der Waals surface area contributed by atoms with Crippen LogP contribution in [0, 0.1) is 6.92 Å². The van der Waals surface area contributed by atoms with Crippen LogP contribution >= 0.6 is 35.1 Å². The van der Waals surface area contributed by atoms with Gasteiger partial charge in [-0.25, -0.2) is 9.97 Å². The molecule has 0 atom stereocenters. The number of thioether (sulfide) groups is 2. The van der Waals surface area contributed by atoms with E-state index in [-0.39, 0.29) is 0 Å². The number of aromatic nitrogens is 4. The van der Waals surface area contributed by atoms with Crippen LogP contribution < -0.4 is 0 Å². The fourth-order valence-corrected chi connectivity index (χ4v) is 4.07. The summed E-state index contributed by atoms with van der Waals surface area (Å²) in [4.78, 5) is 14.9. The molecule has 0 spiro atoms. The van der Waals surface area contributed by atoms with Gasteiger partial charge in [-0.3, -0.25) is 0 Å². The number of halogens is 1. The molecule has 0 aliphatic rings. The first-order chi connectivity index (χ1) is 14.1. The lowest BCUT2D eigenvalue weighted by Crippen LogP contribution is -1.94. The Kier molecular flexibility index (Phi) is 6.18. The van der Waals surface area contributed by atoms with Crippen LogP contribution in [0.3, 0.4) is 0 Å². The van der Waals surface area contributed by atoms with Crippen LogP contribution in [0.1, 0.15) is 11.6 Å². The second-order valence-electron chi connectivity index (χ2n) is 6.21. The van der Waals surface area contributed by atoms with E-state index in [0.717, 1.165) is 21.8 Å². The van der Waals surface area contributed by atoms with Gasteiger partial charge in [-0.1, -0.05) is 40.7 Å². The lowest BCUT2D eigenvalue weighted by Gasteiger charge is -2.05. The zero-order valence-electron chi connectivity index (χ0n) is 15.8. The molecule has 4 rings (SSSR count). The Morgan fingerprint density at radius 1 is 0.931 bits per heavy atom. The number of aryl methyl sites for hydroxylation is 1. The Balaban J connectivity index is 1.48. The molecule has 2 aromatic heterocycles. The van der Waals surface area contributed by atoms with Crippen LogP contribution in [-0.2, 0) is 5.75 Å². The molecule has 0 aliphatic carbocycles. The molecule has 29 heavy (non-hydrogen) atoms. The number of hydrogen-bond acceptors (Lipinski definition) is 7. The first-order valence-corrected chi connectivity index (χ1v) is 11.4. The fourth-order valence-electron chi connectivity index (χ4n) is 2.68. The van der Waals surface area contributed by atoms with E-state index in [0.29, 0.717) is 28.3 Å². The lowest BCUT2D eigenvalue weighted by atomic mass is 10.2. The maximum atomic E-state index is 6.10. The summed E-state index contributed by atoms with van der Waals surface area (Å²) in [5.41, 5.74) is 2.71. The Morgan fingerprint density at radius 2 is 1.76 bits per heavy atom. The maximum absolute atomic E-state index is 6.10. The van der Waals surface area contributed by atoms with Crippen molar-refractivity contribution in [3.8, 4) is 22.8 Å². The van der Waals surface area contributed by atoms with Crippen molar-refractivity contribution < 1.29 is 4.52 Å². The van der Waals surface area contributed by atoms with Crippen molar-refractivity contribution in [1.29, 1.82) is 0 Å². The molecule has 0 aliphatic heterocycles.